The van der Waals surface area contributed by atoms with E-state index < -0.39 is 0 Å². The Morgan fingerprint density at radius 1 is 1.11 bits per heavy atom. The fourth-order valence-corrected chi connectivity index (χ4v) is 4.98. The summed E-state index contributed by atoms with van der Waals surface area (Å²) in [6.45, 7) is 0.310. The van der Waals surface area contributed by atoms with Gasteiger partial charge in [0.05, 0.1) is 11.1 Å². The number of benzene rings is 1. The van der Waals surface area contributed by atoms with E-state index >= 15 is 0 Å². The number of anilines is 1. The van der Waals surface area contributed by atoms with E-state index in [1.54, 1.807) is 11.3 Å². The predicted molar refractivity (Wildman–Crippen MR) is 110 cm³/mol. The van der Waals surface area contributed by atoms with Crippen LogP contribution in [0.3, 0.4) is 0 Å². The van der Waals surface area contributed by atoms with Gasteiger partial charge in [-0.3, -0.25) is 0 Å². The first-order valence-corrected chi connectivity index (χ1v) is 10.3. The van der Waals surface area contributed by atoms with Gasteiger partial charge < -0.3 is 10.4 Å². The standard InChI is InChI=1S/C21H22N4OS/c26-13-14-5-7-16(8-6-14)23-20-9-10-21-22-12-17(25(21)24-20)19-11-15-3-1-2-4-18(15)27-19/h1-4,9-12,14,16,26H,5-8,13H2,(H,23,24). The summed E-state index contributed by atoms with van der Waals surface area (Å²) in [5, 5.41) is 19.0. The van der Waals surface area contributed by atoms with Crippen LogP contribution in [-0.4, -0.2) is 32.4 Å². The third-order valence-electron chi connectivity index (χ3n) is 5.50. The van der Waals surface area contributed by atoms with Gasteiger partial charge >= 0.3 is 0 Å². The minimum atomic E-state index is 0.310. The average molecular weight is 379 g/mol. The second-order valence-corrected chi connectivity index (χ2v) is 8.41. The molecular weight excluding hydrogens is 356 g/mol. The third kappa shape index (κ3) is 3.19. The minimum Gasteiger partial charge on any atom is -0.396 e. The van der Waals surface area contributed by atoms with Crippen LogP contribution in [-0.2, 0) is 0 Å². The number of aliphatic hydroxyl groups excluding tert-OH is 1. The number of rotatable bonds is 4. The Labute approximate surface area is 161 Å². The van der Waals surface area contributed by atoms with Crippen LogP contribution in [0, 0.1) is 5.92 Å². The Morgan fingerprint density at radius 3 is 2.78 bits per heavy atom. The zero-order valence-electron chi connectivity index (χ0n) is 15.0. The molecule has 1 aliphatic carbocycles. The van der Waals surface area contributed by atoms with Crippen molar-refractivity contribution in [1.82, 2.24) is 14.6 Å². The molecule has 4 aromatic rings. The van der Waals surface area contributed by atoms with Crippen LogP contribution in [0.2, 0.25) is 0 Å². The fraction of sp³-hybridized carbons (Fsp3) is 0.333. The normalized spacial score (nSPS) is 20.3. The number of aromatic nitrogens is 3. The zero-order valence-corrected chi connectivity index (χ0v) is 15.8. The molecule has 1 fully saturated rings. The Balaban J connectivity index is 1.44. The van der Waals surface area contributed by atoms with E-state index in [1.165, 1.54) is 15.0 Å². The molecule has 5 rings (SSSR count). The van der Waals surface area contributed by atoms with E-state index in [-0.39, 0.29) is 0 Å². The molecule has 0 radical (unpaired) electrons. The van der Waals surface area contributed by atoms with E-state index in [0.717, 1.165) is 42.8 Å². The molecule has 6 heteroatoms. The summed E-state index contributed by atoms with van der Waals surface area (Å²) < 4.78 is 3.21. The highest BCUT2D eigenvalue weighted by Crippen LogP contribution is 2.33. The van der Waals surface area contributed by atoms with Gasteiger partial charge in [0.25, 0.3) is 0 Å². The van der Waals surface area contributed by atoms with Crippen molar-refractivity contribution in [1.29, 1.82) is 0 Å². The number of fused-ring (bicyclic) bond motifs is 2. The fourth-order valence-electron chi connectivity index (χ4n) is 3.92. The molecular formula is C21H22N4OS. The highest BCUT2D eigenvalue weighted by atomic mass is 32.1. The lowest BCUT2D eigenvalue weighted by molar-refractivity contribution is 0.185. The summed E-state index contributed by atoms with van der Waals surface area (Å²) in [7, 11) is 0. The highest BCUT2D eigenvalue weighted by molar-refractivity contribution is 7.22. The van der Waals surface area contributed by atoms with Gasteiger partial charge in [-0.15, -0.1) is 16.4 Å². The van der Waals surface area contributed by atoms with Gasteiger partial charge in [-0.2, -0.15) is 0 Å². The molecule has 2 N–H and O–H groups in total. The maximum Gasteiger partial charge on any atom is 0.154 e. The Bertz CT molecular complexity index is 1050. The molecule has 3 heterocycles. The molecule has 0 saturated heterocycles. The number of hydrogen-bond acceptors (Lipinski definition) is 5. The van der Waals surface area contributed by atoms with E-state index in [0.29, 0.717) is 18.6 Å². The molecule has 27 heavy (non-hydrogen) atoms. The number of aliphatic hydroxyl groups is 1. The van der Waals surface area contributed by atoms with E-state index in [1.807, 2.05) is 22.8 Å². The lowest BCUT2D eigenvalue weighted by atomic mass is 9.86. The number of imidazole rings is 1. The molecule has 0 bridgehead atoms. The summed E-state index contributed by atoms with van der Waals surface area (Å²) in [5.74, 6) is 1.35. The quantitative estimate of drug-likeness (QED) is 0.546. The first-order chi connectivity index (χ1) is 13.3. The van der Waals surface area contributed by atoms with Gasteiger partial charge in [0, 0.05) is 17.3 Å². The SMILES string of the molecule is OCC1CCC(Nc2ccc3ncc(-c4cc5ccccc5s4)n3n2)CC1. The molecule has 0 amide bonds. The second kappa shape index (κ2) is 6.94. The monoisotopic (exact) mass is 378 g/mol. The van der Waals surface area contributed by atoms with Gasteiger partial charge in [0.2, 0.25) is 0 Å². The number of nitrogens with zero attached hydrogens (tertiary/aromatic N) is 3. The van der Waals surface area contributed by atoms with E-state index in [2.05, 4.69) is 40.6 Å². The number of nitrogens with one attached hydrogen (secondary N) is 1. The van der Waals surface area contributed by atoms with Crippen LogP contribution in [0.25, 0.3) is 26.3 Å². The van der Waals surface area contributed by atoms with Crippen LogP contribution >= 0.6 is 11.3 Å². The van der Waals surface area contributed by atoms with Gasteiger partial charge in [-0.25, -0.2) is 9.50 Å². The van der Waals surface area contributed by atoms with Crippen molar-refractivity contribution in [3.8, 4) is 10.6 Å². The lowest BCUT2D eigenvalue weighted by Crippen LogP contribution is -2.27. The molecule has 1 aliphatic rings. The molecule has 5 nitrogen and oxygen atoms in total. The van der Waals surface area contributed by atoms with E-state index in [9.17, 15) is 5.11 Å². The maximum absolute atomic E-state index is 9.31. The lowest BCUT2D eigenvalue weighted by Gasteiger charge is -2.28. The molecule has 0 aliphatic heterocycles. The topological polar surface area (TPSA) is 62.5 Å². The van der Waals surface area contributed by atoms with Crippen LogP contribution in [0.1, 0.15) is 25.7 Å². The highest BCUT2D eigenvalue weighted by Gasteiger charge is 2.21. The smallest absolute Gasteiger partial charge is 0.154 e. The molecule has 0 spiro atoms. The minimum absolute atomic E-state index is 0.310. The third-order valence-corrected chi connectivity index (χ3v) is 6.64. The van der Waals surface area contributed by atoms with Gasteiger partial charge in [0.15, 0.2) is 5.65 Å². The summed E-state index contributed by atoms with van der Waals surface area (Å²) in [4.78, 5) is 5.70. The molecule has 1 saturated carbocycles. The number of thiophene rings is 1. The van der Waals surface area contributed by atoms with Gasteiger partial charge in [0.1, 0.15) is 11.5 Å². The summed E-state index contributed by atoms with van der Waals surface area (Å²) in [6, 6.07) is 15.1. The van der Waals surface area contributed by atoms with Crippen LogP contribution in [0.4, 0.5) is 5.82 Å². The van der Waals surface area contributed by atoms with Gasteiger partial charge in [-0.1, -0.05) is 18.2 Å². The first-order valence-electron chi connectivity index (χ1n) is 9.51. The van der Waals surface area contributed by atoms with Crippen molar-refractivity contribution < 1.29 is 5.11 Å². The second-order valence-electron chi connectivity index (χ2n) is 7.33. The summed E-state index contributed by atoms with van der Waals surface area (Å²) in [5.41, 5.74) is 1.89. The van der Waals surface area contributed by atoms with E-state index in [4.69, 9.17) is 5.10 Å². The van der Waals surface area contributed by atoms with Crippen LogP contribution in [0.15, 0.2) is 48.7 Å². The molecule has 138 valence electrons. The largest absolute Gasteiger partial charge is 0.396 e. The van der Waals surface area contributed by atoms with Crippen molar-refractivity contribution in [2.24, 2.45) is 5.92 Å². The number of hydrogen-bond donors (Lipinski definition) is 2. The first kappa shape index (κ1) is 16.7. The summed E-state index contributed by atoms with van der Waals surface area (Å²) in [6.07, 6.45) is 6.22. The van der Waals surface area contributed by atoms with Crippen LogP contribution < -0.4 is 5.32 Å². The van der Waals surface area contributed by atoms with Crippen molar-refractivity contribution in [3.05, 3.63) is 48.7 Å². The molecule has 0 atom stereocenters. The Morgan fingerprint density at radius 2 is 1.96 bits per heavy atom. The van der Waals surface area contributed by atoms with Crippen molar-refractivity contribution in [3.63, 3.8) is 0 Å². The average Bonchev–Trinajstić information content (AvgIpc) is 3.32. The van der Waals surface area contributed by atoms with Crippen molar-refractivity contribution in [2.45, 2.75) is 31.7 Å². The predicted octanol–water partition coefficient (Wildman–Crippen LogP) is 4.57. The Hall–Kier alpha value is -2.44. The van der Waals surface area contributed by atoms with Crippen molar-refractivity contribution >= 4 is 32.9 Å². The zero-order chi connectivity index (χ0) is 18.2. The molecule has 1 aromatic carbocycles. The molecule has 0 unspecified atom stereocenters. The maximum atomic E-state index is 9.31. The van der Waals surface area contributed by atoms with Gasteiger partial charge in [-0.05, 0) is 61.3 Å². The van der Waals surface area contributed by atoms with Crippen LogP contribution in [0.5, 0.6) is 0 Å². The van der Waals surface area contributed by atoms with Crippen molar-refractivity contribution in [2.75, 3.05) is 11.9 Å². The molecule has 3 aromatic heterocycles. The summed E-state index contributed by atoms with van der Waals surface area (Å²) >= 11 is 1.77. The Kier molecular flexibility index (Phi) is 4.30.